The van der Waals surface area contributed by atoms with Crippen molar-refractivity contribution in [2.24, 2.45) is 5.73 Å². The number of hydrogen-bond donors (Lipinski definition) is 3. The molecule has 0 unspecified atom stereocenters. The molecule has 6 nitrogen and oxygen atoms in total. The van der Waals surface area contributed by atoms with E-state index in [9.17, 15) is 4.79 Å². The highest BCUT2D eigenvalue weighted by Crippen LogP contribution is 2.37. The molecule has 0 aliphatic carbocycles. The van der Waals surface area contributed by atoms with Crippen molar-refractivity contribution >= 4 is 39.0 Å². The molecule has 0 saturated carbocycles. The highest BCUT2D eigenvalue weighted by molar-refractivity contribution is 7.21. The number of pyridine rings is 1. The minimum absolute atomic E-state index is 0.416. The van der Waals surface area contributed by atoms with Crippen molar-refractivity contribution in [3.63, 3.8) is 0 Å². The summed E-state index contributed by atoms with van der Waals surface area (Å²) in [4.78, 5) is 19.9. The Morgan fingerprint density at radius 2 is 2.26 bits per heavy atom. The molecule has 23 heavy (non-hydrogen) atoms. The van der Waals surface area contributed by atoms with Crippen molar-refractivity contribution in [3.8, 4) is 0 Å². The van der Waals surface area contributed by atoms with Gasteiger partial charge < -0.3 is 21.7 Å². The van der Waals surface area contributed by atoms with Crippen LogP contribution < -0.4 is 21.7 Å². The van der Waals surface area contributed by atoms with E-state index in [1.807, 2.05) is 0 Å². The highest BCUT2D eigenvalue weighted by Gasteiger charge is 2.20. The van der Waals surface area contributed by atoms with E-state index in [1.165, 1.54) is 11.3 Å². The molecule has 0 spiro atoms. The van der Waals surface area contributed by atoms with Gasteiger partial charge in [0, 0.05) is 25.0 Å². The van der Waals surface area contributed by atoms with Gasteiger partial charge in [0.15, 0.2) is 0 Å². The number of rotatable bonds is 4. The fraction of sp³-hybridized carbons (Fsp3) is 0.500. The van der Waals surface area contributed by atoms with Crippen molar-refractivity contribution in [1.82, 2.24) is 10.3 Å². The topological polar surface area (TPSA) is 97.3 Å². The SMILES string of the molecule is CCCc1cc(N2CCCNCC2)nc2sc(C(N)=O)c(N)c12. The minimum atomic E-state index is -0.478. The quantitative estimate of drug-likeness (QED) is 0.792. The standard InChI is InChI=1S/C16H23N5OS/c1-2-4-10-9-11(21-7-3-5-19-6-8-21)20-16-12(10)13(17)14(23-16)15(18)22/h9,19H,2-8,17H2,1H3,(H2,18,22). The molecule has 0 bridgehead atoms. The lowest BCUT2D eigenvalue weighted by Crippen LogP contribution is -2.28. The molecule has 124 valence electrons. The number of anilines is 2. The second-order valence-electron chi connectivity index (χ2n) is 5.87. The summed E-state index contributed by atoms with van der Waals surface area (Å²) >= 11 is 1.30. The maximum Gasteiger partial charge on any atom is 0.260 e. The van der Waals surface area contributed by atoms with Crippen LogP contribution in [-0.2, 0) is 6.42 Å². The molecule has 3 heterocycles. The van der Waals surface area contributed by atoms with Gasteiger partial charge in [0.1, 0.15) is 15.5 Å². The number of nitrogens with zero attached hydrogens (tertiary/aromatic N) is 2. The van der Waals surface area contributed by atoms with Crippen molar-refractivity contribution < 1.29 is 4.79 Å². The number of nitrogen functional groups attached to an aromatic ring is 1. The van der Waals surface area contributed by atoms with Crippen LogP contribution in [0.4, 0.5) is 11.5 Å². The van der Waals surface area contributed by atoms with Crippen LogP contribution in [0.2, 0.25) is 0 Å². The molecular formula is C16H23N5OS. The molecule has 2 aromatic heterocycles. The molecule has 0 atom stereocenters. The fourth-order valence-corrected chi connectivity index (χ4v) is 4.06. The summed E-state index contributed by atoms with van der Waals surface area (Å²) in [7, 11) is 0. The van der Waals surface area contributed by atoms with Crippen LogP contribution >= 0.6 is 11.3 Å². The van der Waals surface area contributed by atoms with E-state index in [0.29, 0.717) is 10.6 Å². The van der Waals surface area contributed by atoms with Crippen LogP contribution in [0.5, 0.6) is 0 Å². The third-order valence-electron chi connectivity index (χ3n) is 4.17. The number of nitrogens with two attached hydrogens (primary N) is 2. The molecule has 1 aliphatic rings. The Morgan fingerprint density at radius 1 is 1.43 bits per heavy atom. The average Bonchev–Trinajstić information content (AvgIpc) is 2.72. The summed E-state index contributed by atoms with van der Waals surface area (Å²) in [6, 6.07) is 2.13. The van der Waals surface area contributed by atoms with E-state index in [2.05, 4.69) is 23.2 Å². The summed E-state index contributed by atoms with van der Waals surface area (Å²) in [6.07, 6.45) is 3.03. The van der Waals surface area contributed by atoms with E-state index >= 15 is 0 Å². The lowest BCUT2D eigenvalue weighted by molar-refractivity contribution is 0.100. The molecule has 1 amide bonds. The average molecular weight is 333 g/mol. The molecule has 0 aromatic carbocycles. The number of nitrogens with one attached hydrogen (secondary N) is 1. The van der Waals surface area contributed by atoms with Crippen molar-refractivity contribution in [3.05, 3.63) is 16.5 Å². The smallest absolute Gasteiger partial charge is 0.260 e. The van der Waals surface area contributed by atoms with Gasteiger partial charge in [-0.1, -0.05) is 13.3 Å². The first-order valence-corrected chi connectivity index (χ1v) is 8.90. The number of carbonyl (C=O) groups is 1. The Bertz CT molecular complexity index is 719. The summed E-state index contributed by atoms with van der Waals surface area (Å²) in [5.74, 6) is 0.496. The Kier molecular flexibility index (Phi) is 4.68. The first-order valence-electron chi connectivity index (χ1n) is 8.09. The Hall–Kier alpha value is -1.86. The Labute approximate surface area is 139 Å². The zero-order valence-electron chi connectivity index (χ0n) is 13.4. The van der Waals surface area contributed by atoms with Crippen molar-refractivity contribution in [2.75, 3.05) is 36.8 Å². The van der Waals surface area contributed by atoms with Gasteiger partial charge in [0.2, 0.25) is 0 Å². The van der Waals surface area contributed by atoms with Crippen LogP contribution in [-0.4, -0.2) is 37.1 Å². The summed E-state index contributed by atoms with van der Waals surface area (Å²) in [5, 5.41) is 4.31. The second kappa shape index (κ2) is 6.72. The van der Waals surface area contributed by atoms with E-state index in [-0.39, 0.29) is 0 Å². The van der Waals surface area contributed by atoms with Gasteiger partial charge in [-0.2, -0.15) is 0 Å². The van der Waals surface area contributed by atoms with Crippen LogP contribution in [0.1, 0.15) is 35.0 Å². The van der Waals surface area contributed by atoms with Gasteiger partial charge in [-0.05, 0) is 31.0 Å². The molecule has 2 aromatic rings. The predicted molar refractivity (Wildman–Crippen MR) is 96.2 cm³/mol. The number of hydrogen-bond acceptors (Lipinski definition) is 6. The van der Waals surface area contributed by atoms with Crippen LogP contribution in [0.15, 0.2) is 6.07 Å². The second-order valence-corrected chi connectivity index (χ2v) is 6.87. The maximum absolute atomic E-state index is 11.6. The molecule has 3 rings (SSSR count). The first-order chi connectivity index (χ1) is 11.1. The fourth-order valence-electron chi connectivity index (χ4n) is 3.07. The zero-order chi connectivity index (χ0) is 16.4. The van der Waals surface area contributed by atoms with E-state index in [4.69, 9.17) is 16.5 Å². The predicted octanol–water partition coefficient (Wildman–Crippen LogP) is 1.73. The number of carbonyl (C=O) groups excluding carboxylic acids is 1. The lowest BCUT2D eigenvalue weighted by atomic mass is 10.1. The van der Waals surface area contributed by atoms with Gasteiger partial charge in [-0.25, -0.2) is 4.98 Å². The normalized spacial score (nSPS) is 15.8. The molecule has 7 heteroatoms. The number of thiophene rings is 1. The molecule has 1 saturated heterocycles. The summed E-state index contributed by atoms with van der Waals surface area (Å²) < 4.78 is 0. The Balaban J connectivity index is 2.11. The highest BCUT2D eigenvalue weighted by atomic mass is 32.1. The number of aromatic nitrogens is 1. The zero-order valence-corrected chi connectivity index (χ0v) is 14.2. The number of aryl methyl sites for hydroxylation is 1. The van der Waals surface area contributed by atoms with Gasteiger partial charge >= 0.3 is 0 Å². The summed E-state index contributed by atoms with van der Waals surface area (Å²) in [5.41, 5.74) is 13.3. The van der Waals surface area contributed by atoms with Crippen molar-refractivity contribution in [1.29, 1.82) is 0 Å². The number of primary amides is 1. The molecule has 1 fully saturated rings. The van der Waals surface area contributed by atoms with Crippen LogP contribution in [0, 0.1) is 0 Å². The first kappa shape index (κ1) is 16.0. The third kappa shape index (κ3) is 3.11. The Morgan fingerprint density at radius 3 is 3.00 bits per heavy atom. The number of fused-ring (bicyclic) bond motifs is 1. The number of amides is 1. The maximum atomic E-state index is 11.6. The van der Waals surface area contributed by atoms with E-state index in [1.54, 1.807) is 0 Å². The largest absolute Gasteiger partial charge is 0.397 e. The monoisotopic (exact) mass is 333 g/mol. The van der Waals surface area contributed by atoms with Crippen molar-refractivity contribution in [2.45, 2.75) is 26.2 Å². The van der Waals surface area contributed by atoms with Gasteiger partial charge in [-0.15, -0.1) is 11.3 Å². The molecule has 0 radical (unpaired) electrons. The third-order valence-corrected chi connectivity index (χ3v) is 5.29. The van der Waals surface area contributed by atoms with E-state index < -0.39 is 5.91 Å². The summed E-state index contributed by atoms with van der Waals surface area (Å²) in [6.45, 7) is 6.06. The van der Waals surface area contributed by atoms with Crippen LogP contribution in [0.25, 0.3) is 10.2 Å². The van der Waals surface area contributed by atoms with Gasteiger partial charge in [0.05, 0.1) is 5.69 Å². The lowest BCUT2D eigenvalue weighted by Gasteiger charge is -2.22. The molecular weight excluding hydrogens is 310 g/mol. The van der Waals surface area contributed by atoms with Gasteiger partial charge in [0.25, 0.3) is 5.91 Å². The molecule has 5 N–H and O–H groups in total. The van der Waals surface area contributed by atoms with Crippen LogP contribution in [0.3, 0.4) is 0 Å². The minimum Gasteiger partial charge on any atom is -0.397 e. The molecule has 1 aliphatic heterocycles. The van der Waals surface area contributed by atoms with E-state index in [0.717, 1.165) is 67.0 Å². The van der Waals surface area contributed by atoms with Gasteiger partial charge in [-0.3, -0.25) is 4.79 Å².